The van der Waals surface area contributed by atoms with Crippen molar-refractivity contribution < 1.29 is 14.3 Å². The smallest absolute Gasteiger partial charge is 0.259 e. The lowest BCUT2D eigenvalue weighted by atomic mass is 10.1. The maximum atomic E-state index is 12.8. The Hall–Kier alpha value is -3.27. The van der Waals surface area contributed by atoms with E-state index in [-0.39, 0.29) is 5.91 Å². The van der Waals surface area contributed by atoms with Crippen LogP contribution in [-0.4, -0.2) is 13.0 Å². The summed E-state index contributed by atoms with van der Waals surface area (Å²) in [4.78, 5) is 12.8. The third-order valence-electron chi connectivity index (χ3n) is 3.71. The van der Waals surface area contributed by atoms with Crippen molar-refractivity contribution in [2.24, 2.45) is 0 Å². The second kappa shape index (κ2) is 7.53. The number of carbonyl (C=O) groups is 1. The van der Waals surface area contributed by atoms with E-state index in [4.69, 9.17) is 9.47 Å². The number of aryl methyl sites for hydroxylation is 1. The number of nitrogens with one attached hydrogen (secondary N) is 1. The van der Waals surface area contributed by atoms with Crippen LogP contribution in [0.25, 0.3) is 0 Å². The van der Waals surface area contributed by atoms with Crippen molar-refractivity contribution in [3.63, 3.8) is 0 Å². The second-order valence-corrected chi connectivity index (χ2v) is 5.57. The summed E-state index contributed by atoms with van der Waals surface area (Å²) in [7, 11) is 1.58. The molecule has 0 fully saturated rings. The zero-order valence-corrected chi connectivity index (χ0v) is 14.2. The minimum atomic E-state index is -0.254. The molecule has 126 valence electrons. The molecule has 1 amide bonds. The van der Waals surface area contributed by atoms with Gasteiger partial charge in [0.1, 0.15) is 17.2 Å². The van der Waals surface area contributed by atoms with Crippen LogP contribution in [0, 0.1) is 6.92 Å². The second-order valence-electron chi connectivity index (χ2n) is 5.57. The molecule has 0 unspecified atom stereocenters. The Morgan fingerprint density at radius 3 is 2.36 bits per heavy atom. The Balaban J connectivity index is 1.87. The van der Waals surface area contributed by atoms with Crippen molar-refractivity contribution >= 4 is 11.6 Å². The van der Waals surface area contributed by atoms with Gasteiger partial charge in [0.25, 0.3) is 5.91 Å². The third kappa shape index (κ3) is 3.98. The Kier molecular flexibility index (Phi) is 5.00. The van der Waals surface area contributed by atoms with Gasteiger partial charge in [-0.1, -0.05) is 36.4 Å². The summed E-state index contributed by atoms with van der Waals surface area (Å²) in [5.74, 6) is 1.53. The summed E-state index contributed by atoms with van der Waals surface area (Å²) in [6.45, 7) is 1.96. The normalized spacial score (nSPS) is 10.2. The van der Waals surface area contributed by atoms with Gasteiger partial charge in [-0.05, 0) is 48.9 Å². The molecule has 0 saturated heterocycles. The van der Waals surface area contributed by atoms with Crippen LogP contribution in [-0.2, 0) is 0 Å². The van der Waals surface area contributed by atoms with Crippen LogP contribution in [0.1, 0.15) is 15.9 Å². The molecule has 0 aliphatic heterocycles. The predicted octanol–water partition coefficient (Wildman–Crippen LogP) is 5.05. The van der Waals surface area contributed by atoms with E-state index < -0.39 is 0 Å². The summed E-state index contributed by atoms with van der Waals surface area (Å²) in [5.41, 5.74) is 2.11. The number of para-hydroxylation sites is 2. The third-order valence-corrected chi connectivity index (χ3v) is 3.71. The van der Waals surface area contributed by atoms with E-state index >= 15 is 0 Å². The first-order valence-electron chi connectivity index (χ1n) is 7.95. The molecule has 0 heterocycles. The Bertz CT molecular complexity index is 875. The molecule has 3 aromatic carbocycles. The van der Waals surface area contributed by atoms with Crippen LogP contribution in [0.2, 0.25) is 0 Å². The number of benzene rings is 3. The van der Waals surface area contributed by atoms with Crippen molar-refractivity contribution in [2.45, 2.75) is 6.92 Å². The quantitative estimate of drug-likeness (QED) is 0.711. The van der Waals surface area contributed by atoms with Crippen LogP contribution in [0.15, 0.2) is 72.8 Å². The van der Waals surface area contributed by atoms with Crippen molar-refractivity contribution in [1.82, 2.24) is 0 Å². The minimum absolute atomic E-state index is 0.254. The van der Waals surface area contributed by atoms with E-state index in [0.717, 1.165) is 5.56 Å². The fraction of sp³-hybridized carbons (Fsp3) is 0.0952. The summed E-state index contributed by atoms with van der Waals surface area (Å²) >= 11 is 0. The van der Waals surface area contributed by atoms with Crippen molar-refractivity contribution in [3.05, 3.63) is 83.9 Å². The molecule has 3 rings (SSSR count). The van der Waals surface area contributed by atoms with Crippen molar-refractivity contribution in [1.29, 1.82) is 0 Å². The molecule has 0 saturated carbocycles. The topological polar surface area (TPSA) is 47.6 Å². The zero-order valence-electron chi connectivity index (χ0n) is 14.2. The first kappa shape index (κ1) is 16.6. The van der Waals surface area contributed by atoms with Crippen molar-refractivity contribution in [3.8, 4) is 17.2 Å². The molecule has 4 nitrogen and oxygen atoms in total. The highest BCUT2D eigenvalue weighted by Gasteiger charge is 2.15. The number of hydrogen-bond acceptors (Lipinski definition) is 3. The maximum Gasteiger partial charge on any atom is 0.259 e. The van der Waals surface area contributed by atoms with E-state index in [1.54, 1.807) is 25.3 Å². The monoisotopic (exact) mass is 333 g/mol. The van der Waals surface area contributed by atoms with Gasteiger partial charge < -0.3 is 14.8 Å². The number of methoxy groups -OCH3 is 1. The predicted molar refractivity (Wildman–Crippen MR) is 98.6 cm³/mol. The first-order chi connectivity index (χ1) is 12.2. The molecule has 0 radical (unpaired) electrons. The van der Waals surface area contributed by atoms with E-state index in [1.165, 1.54) is 0 Å². The van der Waals surface area contributed by atoms with Gasteiger partial charge >= 0.3 is 0 Å². The number of anilines is 1. The number of ether oxygens (including phenoxy) is 2. The average molecular weight is 333 g/mol. The molecule has 0 aromatic heterocycles. The van der Waals surface area contributed by atoms with Crippen LogP contribution in [0.5, 0.6) is 17.2 Å². The van der Waals surface area contributed by atoms with Gasteiger partial charge in [-0.15, -0.1) is 0 Å². The molecular weight excluding hydrogens is 314 g/mol. The summed E-state index contributed by atoms with van der Waals surface area (Å²) in [6.07, 6.45) is 0. The van der Waals surface area contributed by atoms with Crippen LogP contribution < -0.4 is 14.8 Å². The fourth-order valence-electron chi connectivity index (χ4n) is 2.47. The lowest BCUT2D eigenvalue weighted by Crippen LogP contribution is -2.13. The standard InChI is InChI=1S/C21H19NO3/c1-15-12-13-20(24-2)18(14-15)22-21(23)17-10-6-7-11-19(17)25-16-8-4-3-5-9-16/h3-14H,1-2H3,(H,22,23). The highest BCUT2D eigenvalue weighted by atomic mass is 16.5. The molecule has 25 heavy (non-hydrogen) atoms. The molecule has 0 aliphatic rings. The van der Waals surface area contributed by atoms with Gasteiger partial charge in [0.2, 0.25) is 0 Å². The van der Waals surface area contributed by atoms with E-state index in [1.807, 2.05) is 61.5 Å². The number of amides is 1. The van der Waals surface area contributed by atoms with E-state index in [9.17, 15) is 4.79 Å². The lowest BCUT2D eigenvalue weighted by molar-refractivity contribution is 0.102. The van der Waals surface area contributed by atoms with Crippen LogP contribution in [0.4, 0.5) is 5.69 Å². The first-order valence-corrected chi connectivity index (χ1v) is 7.95. The van der Waals surface area contributed by atoms with Crippen molar-refractivity contribution in [2.75, 3.05) is 12.4 Å². The Morgan fingerprint density at radius 2 is 1.60 bits per heavy atom. The summed E-state index contributed by atoms with van der Waals surface area (Å²) in [5, 5.41) is 2.90. The Morgan fingerprint density at radius 1 is 0.880 bits per heavy atom. The highest BCUT2D eigenvalue weighted by Crippen LogP contribution is 2.29. The summed E-state index contributed by atoms with van der Waals surface area (Å²) < 4.78 is 11.2. The van der Waals surface area contributed by atoms with E-state index in [0.29, 0.717) is 28.5 Å². The SMILES string of the molecule is COc1ccc(C)cc1NC(=O)c1ccccc1Oc1ccccc1. The maximum absolute atomic E-state index is 12.8. The molecule has 0 atom stereocenters. The van der Waals surface area contributed by atoms with Crippen LogP contribution >= 0.6 is 0 Å². The molecule has 1 N–H and O–H groups in total. The van der Waals surface area contributed by atoms with Gasteiger partial charge in [0.05, 0.1) is 18.4 Å². The average Bonchev–Trinajstić information content (AvgIpc) is 2.63. The van der Waals surface area contributed by atoms with Crippen LogP contribution in [0.3, 0.4) is 0 Å². The largest absolute Gasteiger partial charge is 0.495 e. The lowest BCUT2D eigenvalue weighted by Gasteiger charge is -2.13. The molecule has 0 spiro atoms. The number of carbonyl (C=O) groups excluding carboxylic acids is 1. The fourth-order valence-corrected chi connectivity index (χ4v) is 2.47. The van der Waals surface area contributed by atoms with E-state index in [2.05, 4.69) is 5.32 Å². The van der Waals surface area contributed by atoms with Gasteiger partial charge in [0, 0.05) is 0 Å². The molecule has 3 aromatic rings. The molecule has 0 bridgehead atoms. The molecule has 4 heteroatoms. The minimum Gasteiger partial charge on any atom is -0.495 e. The number of rotatable bonds is 5. The zero-order chi connectivity index (χ0) is 17.6. The molecular formula is C21H19NO3. The number of hydrogen-bond donors (Lipinski definition) is 1. The van der Waals surface area contributed by atoms with Gasteiger partial charge in [0.15, 0.2) is 0 Å². The van der Waals surface area contributed by atoms with Gasteiger partial charge in [-0.3, -0.25) is 4.79 Å². The summed E-state index contributed by atoms with van der Waals surface area (Å²) in [6, 6.07) is 22.2. The Labute approximate surface area is 147 Å². The van der Waals surface area contributed by atoms with Gasteiger partial charge in [-0.25, -0.2) is 0 Å². The highest BCUT2D eigenvalue weighted by molar-refractivity contribution is 6.07. The van der Waals surface area contributed by atoms with Gasteiger partial charge in [-0.2, -0.15) is 0 Å². The molecule has 0 aliphatic carbocycles.